The smallest absolute Gasteiger partial charge is 0.0866 e. The second-order valence-electron chi connectivity index (χ2n) is 4.46. The summed E-state index contributed by atoms with van der Waals surface area (Å²) in [6, 6.07) is 0. The highest BCUT2D eigenvalue weighted by Gasteiger charge is 2.58. The Balaban J connectivity index is 2.21. The lowest BCUT2D eigenvalue weighted by atomic mass is 10.1. The first-order chi connectivity index (χ1) is 6.07. The molecule has 0 aliphatic heterocycles. The molecule has 13 heavy (non-hydrogen) atoms. The SMILES string of the molecule is Cn1cc([C@H]2[C@H](CN)C2(C)C)nn1. The summed E-state index contributed by atoms with van der Waals surface area (Å²) in [4.78, 5) is 0. The summed E-state index contributed by atoms with van der Waals surface area (Å²) in [6.07, 6.45) is 1.99. The molecule has 4 heteroatoms. The Bertz CT molecular complexity index is 315. The summed E-state index contributed by atoms with van der Waals surface area (Å²) in [5, 5.41) is 8.07. The number of aromatic nitrogens is 3. The van der Waals surface area contributed by atoms with Gasteiger partial charge in [-0.05, 0) is 17.9 Å². The van der Waals surface area contributed by atoms with Crippen molar-refractivity contribution in [3.05, 3.63) is 11.9 Å². The molecule has 1 aromatic rings. The zero-order valence-electron chi connectivity index (χ0n) is 8.36. The van der Waals surface area contributed by atoms with Crippen LogP contribution in [-0.2, 0) is 7.05 Å². The molecule has 72 valence electrons. The molecule has 0 bridgehead atoms. The van der Waals surface area contributed by atoms with E-state index in [1.165, 1.54) is 0 Å². The molecule has 1 heterocycles. The molecule has 0 unspecified atom stereocenters. The molecule has 2 N–H and O–H groups in total. The van der Waals surface area contributed by atoms with Crippen molar-refractivity contribution in [1.29, 1.82) is 0 Å². The van der Waals surface area contributed by atoms with Crippen molar-refractivity contribution in [3.8, 4) is 0 Å². The van der Waals surface area contributed by atoms with Crippen LogP contribution in [0.2, 0.25) is 0 Å². The summed E-state index contributed by atoms with van der Waals surface area (Å²) in [7, 11) is 1.89. The minimum absolute atomic E-state index is 0.310. The van der Waals surface area contributed by atoms with E-state index in [4.69, 9.17) is 5.73 Å². The van der Waals surface area contributed by atoms with Crippen LogP contribution >= 0.6 is 0 Å². The fourth-order valence-corrected chi connectivity index (χ4v) is 2.28. The average molecular weight is 180 g/mol. The second kappa shape index (κ2) is 2.54. The van der Waals surface area contributed by atoms with Gasteiger partial charge in [0.05, 0.1) is 5.69 Å². The normalized spacial score (nSPS) is 30.5. The van der Waals surface area contributed by atoms with E-state index in [0.29, 0.717) is 17.3 Å². The van der Waals surface area contributed by atoms with Crippen LogP contribution < -0.4 is 5.73 Å². The van der Waals surface area contributed by atoms with Gasteiger partial charge in [-0.3, -0.25) is 4.68 Å². The third-order valence-electron chi connectivity index (χ3n) is 3.24. The van der Waals surface area contributed by atoms with Crippen molar-refractivity contribution in [2.75, 3.05) is 6.54 Å². The van der Waals surface area contributed by atoms with Crippen LogP contribution in [0.3, 0.4) is 0 Å². The van der Waals surface area contributed by atoms with Gasteiger partial charge in [0.1, 0.15) is 0 Å². The number of nitrogens with zero attached hydrogens (tertiary/aromatic N) is 3. The van der Waals surface area contributed by atoms with Gasteiger partial charge < -0.3 is 5.73 Å². The molecular weight excluding hydrogens is 164 g/mol. The number of nitrogens with two attached hydrogens (primary N) is 1. The summed E-state index contributed by atoms with van der Waals surface area (Å²) in [5.41, 5.74) is 7.09. The van der Waals surface area contributed by atoms with Gasteiger partial charge in [0.15, 0.2) is 0 Å². The van der Waals surface area contributed by atoms with Crippen LogP contribution in [0, 0.1) is 11.3 Å². The monoisotopic (exact) mass is 180 g/mol. The van der Waals surface area contributed by atoms with Gasteiger partial charge in [-0.2, -0.15) is 0 Å². The lowest BCUT2D eigenvalue weighted by Gasteiger charge is -1.97. The third kappa shape index (κ3) is 1.16. The maximum atomic E-state index is 5.69. The quantitative estimate of drug-likeness (QED) is 0.721. The maximum Gasteiger partial charge on any atom is 0.0866 e. The summed E-state index contributed by atoms with van der Waals surface area (Å²) < 4.78 is 1.75. The Hall–Kier alpha value is -0.900. The Morgan fingerprint density at radius 3 is 2.69 bits per heavy atom. The Morgan fingerprint density at radius 2 is 2.31 bits per heavy atom. The highest BCUT2D eigenvalue weighted by molar-refractivity contribution is 5.23. The van der Waals surface area contributed by atoms with Gasteiger partial charge >= 0.3 is 0 Å². The number of rotatable bonds is 2. The Morgan fingerprint density at radius 1 is 1.62 bits per heavy atom. The zero-order valence-corrected chi connectivity index (χ0v) is 8.36. The molecule has 1 saturated carbocycles. The zero-order chi connectivity index (χ0) is 9.64. The van der Waals surface area contributed by atoms with Crippen molar-refractivity contribution >= 4 is 0 Å². The molecule has 4 nitrogen and oxygen atoms in total. The van der Waals surface area contributed by atoms with Gasteiger partial charge in [0, 0.05) is 19.2 Å². The third-order valence-corrected chi connectivity index (χ3v) is 3.24. The van der Waals surface area contributed by atoms with Crippen LogP contribution in [0.1, 0.15) is 25.5 Å². The molecule has 1 aliphatic rings. The first-order valence-electron chi connectivity index (χ1n) is 4.63. The van der Waals surface area contributed by atoms with Crippen LogP contribution in [0.15, 0.2) is 6.20 Å². The number of hydrogen-bond donors (Lipinski definition) is 1. The molecule has 0 saturated heterocycles. The molecule has 0 spiro atoms. The van der Waals surface area contributed by atoms with E-state index in [1.807, 2.05) is 13.2 Å². The van der Waals surface area contributed by atoms with E-state index in [0.717, 1.165) is 12.2 Å². The van der Waals surface area contributed by atoms with Crippen molar-refractivity contribution in [1.82, 2.24) is 15.0 Å². The van der Waals surface area contributed by atoms with Gasteiger partial charge in [-0.25, -0.2) is 0 Å². The molecule has 2 atom stereocenters. The predicted molar refractivity (Wildman–Crippen MR) is 50.1 cm³/mol. The van der Waals surface area contributed by atoms with Gasteiger partial charge in [0.25, 0.3) is 0 Å². The lowest BCUT2D eigenvalue weighted by Crippen LogP contribution is -2.05. The summed E-state index contributed by atoms with van der Waals surface area (Å²) in [5.74, 6) is 1.08. The van der Waals surface area contributed by atoms with Gasteiger partial charge in [0.2, 0.25) is 0 Å². The fraction of sp³-hybridized carbons (Fsp3) is 0.778. The Labute approximate surface area is 78.1 Å². The van der Waals surface area contributed by atoms with E-state index in [1.54, 1.807) is 4.68 Å². The lowest BCUT2D eigenvalue weighted by molar-refractivity contribution is 0.557. The molecule has 0 radical (unpaired) electrons. The first kappa shape index (κ1) is 8.69. The molecule has 1 aromatic heterocycles. The van der Waals surface area contributed by atoms with Crippen molar-refractivity contribution in [2.45, 2.75) is 19.8 Å². The highest BCUT2D eigenvalue weighted by atomic mass is 15.4. The van der Waals surface area contributed by atoms with E-state index in [-0.39, 0.29) is 0 Å². The fourth-order valence-electron chi connectivity index (χ4n) is 2.28. The van der Waals surface area contributed by atoms with Gasteiger partial charge in [-0.15, -0.1) is 5.10 Å². The molecule has 0 aromatic carbocycles. The van der Waals surface area contributed by atoms with Crippen molar-refractivity contribution in [3.63, 3.8) is 0 Å². The Kier molecular flexibility index (Phi) is 1.70. The molecular formula is C9H16N4. The predicted octanol–water partition coefficient (Wildman–Crippen LogP) is 0.513. The van der Waals surface area contributed by atoms with Gasteiger partial charge in [-0.1, -0.05) is 19.1 Å². The van der Waals surface area contributed by atoms with Crippen LogP contribution in [-0.4, -0.2) is 21.5 Å². The molecule has 0 amide bonds. The maximum absolute atomic E-state index is 5.69. The second-order valence-corrected chi connectivity index (χ2v) is 4.46. The number of aryl methyl sites for hydroxylation is 1. The number of hydrogen-bond acceptors (Lipinski definition) is 3. The van der Waals surface area contributed by atoms with E-state index >= 15 is 0 Å². The minimum atomic E-state index is 0.310. The minimum Gasteiger partial charge on any atom is -0.330 e. The molecule has 2 rings (SSSR count). The van der Waals surface area contributed by atoms with E-state index < -0.39 is 0 Å². The largest absolute Gasteiger partial charge is 0.330 e. The summed E-state index contributed by atoms with van der Waals surface area (Å²) in [6.45, 7) is 5.22. The van der Waals surface area contributed by atoms with Crippen molar-refractivity contribution in [2.24, 2.45) is 24.1 Å². The van der Waals surface area contributed by atoms with Crippen LogP contribution in [0.4, 0.5) is 0 Å². The average Bonchev–Trinajstić information content (AvgIpc) is 2.41. The topological polar surface area (TPSA) is 56.7 Å². The van der Waals surface area contributed by atoms with Crippen molar-refractivity contribution < 1.29 is 0 Å². The first-order valence-corrected chi connectivity index (χ1v) is 4.63. The molecule has 1 aliphatic carbocycles. The summed E-state index contributed by atoms with van der Waals surface area (Å²) >= 11 is 0. The van der Waals surface area contributed by atoms with E-state index in [9.17, 15) is 0 Å². The van der Waals surface area contributed by atoms with Crippen LogP contribution in [0.5, 0.6) is 0 Å². The van der Waals surface area contributed by atoms with E-state index in [2.05, 4.69) is 24.2 Å². The highest BCUT2D eigenvalue weighted by Crippen LogP contribution is 2.63. The van der Waals surface area contributed by atoms with Crippen LogP contribution in [0.25, 0.3) is 0 Å². The standard InChI is InChI=1S/C9H16N4/c1-9(2)6(4-10)8(9)7-5-13(3)12-11-7/h5-6,8H,4,10H2,1-3H3/t6-,8+/m0/s1. The molecule has 1 fully saturated rings.